The van der Waals surface area contributed by atoms with Crippen molar-refractivity contribution in [3.63, 3.8) is 0 Å². The third-order valence-corrected chi connectivity index (χ3v) is 5.16. The molecule has 2 unspecified atom stereocenters. The summed E-state index contributed by atoms with van der Waals surface area (Å²) < 4.78 is 17.6. The Hall–Kier alpha value is -2.49. The summed E-state index contributed by atoms with van der Waals surface area (Å²) in [7, 11) is 0. The fourth-order valence-corrected chi connectivity index (χ4v) is 4.03. The van der Waals surface area contributed by atoms with Gasteiger partial charge in [0.15, 0.2) is 5.78 Å². The smallest absolute Gasteiger partial charge is 0.230 e. The summed E-state index contributed by atoms with van der Waals surface area (Å²) in [5.74, 6) is 2.20. The number of hydrogen-bond donors (Lipinski definition) is 0. The van der Waals surface area contributed by atoms with Gasteiger partial charge in [-0.15, -0.1) is 0 Å². The van der Waals surface area contributed by atoms with E-state index >= 15 is 0 Å². The second-order valence-electron chi connectivity index (χ2n) is 6.69. The van der Waals surface area contributed by atoms with E-state index in [4.69, 9.17) is 14.2 Å². The van der Waals surface area contributed by atoms with Crippen LogP contribution in [0.1, 0.15) is 13.3 Å². The van der Waals surface area contributed by atoms with E-state index in [1.54, 1.807) is 0 Å². The van der Waals surface area contributed by atoms with Crippen LogP contribution in [0.3, 0.4) is 0 Å². The standard InChI is InChI=1S/C19H16O4/c1-19-6-2-3-15-16(19)18-12(9-21-15)7-13-14(22-10-23-18)5-4-11(8-19)17(13)20/h2-7,11H,8-10H2,1H3/b12-7-. The minimum Gasteiger partial charge on any atom is -0.488 e. The van der Waals surface area contributed by atoms with Crippen LogP contribution in [-0.2, 0) is 19.0 Å². The van der Waals surface area contributed by atoms with Crippen molar-refractivity contribution in [1.82, 2.24) is 0 Å². The Kier molecular flexibility index (Phi) is 2.42. The van der Waals surface area contributed by atoms with Crippen molar-refractivity contribution in [3.05, 3.63) is 70.5 Å². The molecule has 2 heterocycles. The maximum atomic E-state index is 13.0. The number of ether oxygens (including phenoxy) is 3. The molecule has 0 aromatic carbocycles. The van der Waals surface area contributed by atoms with Gasteiger partial charge in [0.05, 0.1) is 5.57 Å². The first-order valence-electron chi connectivity index (χ1n) is 7.86. The maximum Gasteiger partial charge on any atom is 0.230 e. The lowest BCUT2D eigenvalue weighted by Gasteiger charge is -2.38. The van der Waals surface area contributed by atoms with E-state index in [1.807, 2.05) is 30.4 Å². The number of carbonyl (C=O) groups excluding carboxylic acids is 1. The van der Waals surface area contributed by atoms with E-state index in [9.17, 15) is 4.79 Å². The second-order valence-corrected chi connectivity index (χ2v) is 6.69. The predicted octanol–water partition coefficient (Wildman–Crippen LogP) is 3.07. The van der Waals surface area contributed by atoms with Crippen molar-refractivity contribution >= 4 is 5.78 Å². The number of hydrogen-bond acceptors (Lipinski definition) is 4. The van der Waals surface area contributed by atoms with Crippen molar-refractivity contribution < 1.29 is 19.0 Å². The molecular weight excluding hydrogens is 292 g/mol. The average molecular weight is 308 g/mol. The Morgan fingerprint density at radius 1 is 1.26 bits per heavy atom. The van der Waals surface area contributed by atoms with Gasteiger partial charge in [-0.2, -0.15) is 0 Å². The molecule has 5 rings (SSSR count). The molecule has 3 aliphatic carbocycles. The molecule has 0 fully saturated rings. The number of allylic oxidation sites excluding steroid dienone is 8. The number of ketones is 1. The highest BCUT2D eigenvalue weighted by Crippen LogP contribution is 2.50. The zero-order chi connectivity index (χ0) is 15.6. The van der Waals surface area contributed by atoms with Crippen molar-refractivity contribution in [2.75, 3.05) is 13.4 Å². The summed E-state index contributed by atoms with van der Waals surface area (Å²) in [6.45, 7) is 2.66. The van der Waals surface area contributed by atoms with E-state index in [0.29, 0.717) is 24.4 Å². The Morgan fingerprint density at radius 2 is 2.17 bits per heavy atom. The summed E-state index contributed by atoms with van der Waals surface area (Å²) >= 11 is 0. The molecule has 0 aromatic rings. The summed E-state index contributed by atoms with van der Waals surface area (Å²) in [5.41, 5.74) is 2.27. The van der Waals surface area contributed by atoms with Gasteiger partial charge in [-0.25, -0.2) is 0 Å². The number of carbonyl (C=O) groups is 1. The second kappa shape index (κ2) is 4.28. The molecule has 5 bridgehead atoms. The number of rotatable bonds is 0. The molecule has 5 aliphatic rings. The van der Waals surface area contributed by atoms with Crippen LogP contribution in [0.4, 0.5) is 0 Å². The maximum absolute atomic E-state index is 13.0. The Bertz CT molecular complexity index is 818. The van der Waals surface area contributed by atoms with Gasteiger partial charge in [0.2, 0.25) is 6.79 Å². The van der Waals surface area contributed by atoms with Crippen LogP contribution in [0.25, 0.3) is 0 Å². The zero-order valence-corrected chi connectivity index (χ0v) is 12.8. The Morgan fingerprint density at radius 3 is 3.09 bits per heavy atom. The largest absolute Gasteiger partial charge is 0.488 e. The van der Waals surface area contributed by atoms with Crippen LogP contribution < -0.4 is 0 Å². The van der Waals surface area contributed by atoms with Crippen LogP contribution in [0.2, 0.25) is 0 Å². The van der Waals surface area contributed by atoms with Crippen LogP contribution >= 0.6 is 0 Å². The molecule has 0 aromatic heterocycles. The van der Waals surface area contributed by atoms with Crippen LogP contribution in [0.5, 0.6) is 0 Å². The first-order valence-corrected chi connectivity index (χ1v) is 7.86. The number of fused-ring (bicyclic) bond motifs is 1. The van der Waals surface area contributed by atoms with Crippen LogP contribution in [0.15, 0.2) is 70.5 Å². The minimum absolute atomic E-state index is 0.102. The third-order valence-electron chi connectivity index (χ3n) is 5.16. The third kappa shape index (κ3) is 1.69. The highest BCUT2D eigenvalue weighted by atomic mass is 16.7. The summed E-state index contributed by atoms with van der Waals surface area (Å²) in [5, 5.41) is 0. The van der Waals surface area contributed by atoms with E-state index in [2.05, 4.69) is 13.0 Å². The quantitative estimate of drug-likeness (QED) is 0.690. The highest BCUT2D eigenvalue weighted by Gasteiger charge is 2.44. The first-order chi connectivity index (χ1) is 11.2. The first kappa shape index (κ1) is 13.0. The van der Waals surface area contributed by atoms with Crippen molar-refractivity contribution in [2.24, 2.45) is 11.3 Å². The van der Waals surface area contributed by atoms with Gasteiger partial charge in [-0.1, -0.05) is 25.2 Å². The fraction of sp³-hybridized carbons (Fsp3) is 0.316. The van der Waals surface area contributed by atoms with Crippen LogP contribution in [0, 0.1) is 11.3 Å². The molecule has 0 amide bonds. The van der Waals surface area contributed by atoms with Crippen LogP contribution in [-0.4, -0.2) is 19.2 Å². The monoisotopic (exact) mass is 308 g/mol. The van der Waals surface area contributed by atoms with E-state index in [-0.39, 0.29) is 23.9 Å². The van der Waals surface area contributed by atoms with Crippen molar-refractivity contribution in [2.45, 2.75) is 13.3 Å². The average Bonchev–Trinajstić information content (AvgIpc) is 2.54. The molecule has 2 atom stereocenters. The van der Waals surface area contributed by atoms with Gasteiger partial charge in [0.1, 0.15) is 23.9 Å². The van der Waals surface area contributed by atoms with Gasteiger partial charge >= 0.3 is 0 Å². The topological polar surface area (TPSA) is 44.8 Å². The summed E-state index contributed by atoms with van der Waals surface area (Å²) in [4.78, 5) is 13.0. The lowest BCUT2D eigenvalue weighted by molar-refractivity contribution is -0.118. The van der Waals surface area contributed by atoms with Gasteiger partial charge in [0.25, 0.3) is 0 Å². The SMILES string of the molecule is CC12C=CC=C3OC/C4=C/C5=C(C=CC(C1)C5=O)OCOC4=C32. The highest BCUT2D eigenvalue weighted by molar-refractivity contribution is 6.03. The van der Waals surface area contributed by atoms with Gasteiger partial charge in [-0.3, -0.25) is 4.79 Å². The molecule has 4 heteroatoms. The Balaban J connectivity index is 1.86. The van der Waals surface area contributed by atoms with E-state index < -0.39 is 0 Å². The molecule has 0 saturated heterocycles. The van der Waals surface area contributed by atoms with Gasteiger partial charge < -0.3 is 14.2 Å². The number of Topliss-reactive ketones (excluding diaryl/α,β-unsaturated/α-hetero) is 1. The molecule has 0 saturated carbocycles. The molecule has 0 spiro atoms. The van der Waals surface area contributed by atoms with Crippen molar-refractivity contribution in [3.8, 4) is 0 Å². The molecule has 23 heavy (non-hydrogen) atoms. The molecule has 0 N–H and O–H groups in total. The summed E-state index contributed by atoms with van der Waals surface area (Å²) in [6.07, 6.45) is 12.6. The van der Waals surface area contributed by atoms with Gasteiger partial charge in [-0.05, 0) is 24.6 Å². The Labute approximate surface area is 134 Å². The molecule has 2 aliphatic heterocycles. The fourth-order valence-electron chi connectivity index (χ4n) is 4.03. The zero-order valence-electron chi connectivity index (χ0n) is 12.8. The lowest BCUT2D eigenvalue weighted by atomic mass is 9.69. The van der Waals surface area contributed by atoms with Gasteiger partial charge in [0, 0.05) is 22.5 Å². The molecule has 4 nitrogen and oxygen atoms in total. The lowest BCUT2D eigenvalue weighted by Crippen LogP contribution is -2.30. The molecule has 116 valence electrons. The predicted molar refractivity (Wildman–Crippen MR) is 82.7 cm³/mol. The van der Waals surface area contributed by atoms with Crippen molar-refractivity contribution in [1.29, 1.82) is 0 Å². The minimum atomic E-state index is -0.305. The van der Waals surface area contributed by atoms with E-state index in [1.165, 1.54) is 0 Å². The van der Waals surface area contributed by atoms with E-state index in [0.717, 1.165) is 22.7 Å². The molecular formula is C19H16O4. The molecule has 0 radical (unpaired) electrons. The summed E-state index contributed by atoms with van der Waals surface area (Å²) in [6, 6.07) is 0. The normalized spacial score (nSPS) is 35.9.